The second kappa shape index (κ2) is 8.09. The van der Waals surface area contributed by atoms with Gasteiger partial charge in [-0.1, -0.05) is 58.8 Å². The van der Waals surface area contributed by atoms with Crippen LogP contribution in [-0.4, -0.2) is 28.5 Å². The van der Waals surface area contributed by atoms with Crippen LogP contribution in [0.2, 0.25) is 0 Å². The highest BCUT2D eigenvalue weighted by atomic mass is 19.4. The van der Waals surface area contributed by atoms with Crippen molar-refractivity contribution in [3.8, 4) is 34.0 Å². The first-order valence-electron chi connectivity index (χ1n) is 10.7. The summed E-state index contributed by atoms with van der Waals surface area (Å²) in [5.41, 5.74) is -0.523. The largest absolute Gasteiger partial charge is 0.467 e. The van der Waals surface area contributed by atoms with E-state index in [1.54, 1.807) is 36.4 Å². The summed E-state index contributed by atoms with van der Waals surface area (Å²) in [7, 11) is 1.18. The van der Waals surface area contributed by atoms with E-state index < -0.39 is 34.8 Å². The molecule has 0 bridgehead atoms. The third-order valence-electron chi connectivity index (χ3n) is 6.16. The number of esters is 1. The van der Waals surface area contributed by atoms with E-state index in [4.69, 9.17) is 9.05 Å². The van der Waals surface area contributed by atoms with Crippen LogP contribution in [0.25, 0.3) is 34.0 Å². The number of ether oxygens (including phenoxy) is 1. The molecule has 0 fully saturated rings. The number of hydrogen-bond donors (Lipinski definition) is 1. The first-order chi connectivity index (χ1) is 16.6. The monoisotopic (exact) mass is 484 g/mol. The van der Waals surface area contributed by atoms with Crippen LogP contribution in [0.4, 0.5) is 13.2 Å². The van der Waals surface area contributed by atoms with Gasteiger partial charge in [-0.25, -0.2) is 4.79 Å². The average Bonchev–Trinajstić information content (AvgIpc) is 3.48. The molecule has 2 aromatic carbocycles. The summed E-state index contributed by atoms with van der Waals surface area (Å²) in [5, 5.41) is 18.3. The molecule has 0 radical (unpaired) electrons. The Bertz CT molecular complexity index is 1420. The summed E-state index contributed by atoms with van der Waals surface area (Å²) in [6.45, 7) is 1.33. The molecule has 0 saturated carbocycles. The first kappa shape index (κ1) is 22.9. The van der Waals surface area contributed by atoms with Crippen LogP contribution in [0.3, 0.4) is 0 Å². The van der Waals surface area contributed by atoms with Crippen molar-refractivity contribution >= 4 is 5.97 Å². The number of aryl methyl sites for hydroxylation is 1. The standard InChI is InChI=1S/C25H19F3N2O5/c1-24(32,23(31)33-2)15-9-11-16-14(12-15)8-10-17-19(16)29-35-22(17)20-18(25(26,27)28)21(34-30-20)13-6-4-3-5-7-13/h3-7,9,11-12,32H,8,10H2,1-2H3/t24-/m0/s1. The predicted octanol–water partition coefficient (Wildman–Crippen LogP) is 5.16. The number of aliphatic hydroxyl groups is 1. The Morgan fingerprint density at radius 2 is 1.69 bits per heavy atom. The first-order valence-corrected chi connectivity index (χ1v) is 10.7. The Morgan fingerprint density at radius 3 is 2.37 bits per heavy atom. The summed E-state index contributed by atoms with van der Waals surface area (Å²) >= 11 is 0. The Hall–Kier alpha value is -3.92. The number of aromatic nitrogens is 2. The van der Waals surface area contributed by atoms with Crippen LogP contribution in [0, 0.1) is 0 Å². The third-order valence-corrected chi connectivity index (χ3v) is 6.16. The number of halogens is 3. The molecule has 180 valence electrons. The lowest BCUT2D eigenvalue weighted by Crippen LogP contribution is -2.33. The molecule has 1 atom stereocenters. The molecule has 10 heteroatoms. The van der Waals surface area contributed by atoms with Crippen molar-refractivity contribution < 1.29 is 36.9 Å². The summed E-state index contributed by atoms with van der Waals surface area (Å²) in [6, 6.07) is 12.8. The highest BCUT2D eigenvalue weighted by molar-refractivity contribution is 5.82. The molecule has 1 N–H and O–H groups in total. The molecule has 1 aliphatic rings. The van der Waals surface area contributed by atoms with E-state index in [0.717, 1.165) is 5.56 Å². The molecule has 0 unspecified atom stereocenters. The van der Waals surface area contributed by atoms with Crippen molar-refractivity contribution in [3.05, 3.63) is 70.8 Å². The molecule has 35 heavy (non-hydrogen) atoms. The fourth-order valence-corrected chi connectivity index (χ4v) is 4.34. The van der Waals surface area contributed by atoms with E-state index in [1.165, 1.54) is 26.2 Å². The van der Waals surface area contributed by atoms with Crippen LogP contribution >= 0.6 is 0 Å². The van der Waals surface area contributed by atoms with E-state index in [0.29, 0.717) is 35.2 Å². The van der Waals surface area contributed by atoms with Gasteiger partial charge in [0, 0.05) is 16.7 Å². The van der Waals surface area contributed by atoms with Gasteiger partial charge in [-0.3, -0.25) is 0 Å². The molecule has 0 spiro atoms. The zero-order valence-corrected chi connectivity index (χ0v) is 18.6. The molecule has 0 aliphatic heterocycles. The molecule has 1 aliphatic carbocycles. The number of carbonyl (C=O) groups is 1. The third kappa shape index (κ3) is 3.70. The number of carbonyl (C=O) groups excluding carboxylic acids is 1. The Labute approximate surface area is 197 Å². The second-order valence-electron chi connectivity index (χ2n) is 8.37. The van der Waals surface area contributed by atoms with Crippen molar-refractivity contribution in [1.82, 2.24) is 10.3 Å². The predicted molar refractivity (Wildman–Crippen MR) is 117 cm³/mol. The number of nitrogens with zero attached hydrogens (tertiary/aromatic N) is 2. The summed E-state index contributed by atoms with van der Waals surface area (Å²) in [4.78, 5) is 12.0. The summed E-state index contributed by atoms with van der Waals surface area (Å²) in [5.74, 6) is -1.31. The second-order valence-corrected chi connectivity index (χ2v) is 8.37. The molecule has 4 aromatic rings. The van der Waals surface area contributed by atoms with E-state index in [-0.39, 0.29) is 11.3 Å². The Kier molecular flexibility index (Phi) is 5.28. The van der Waals surface area contributed by atoms with Crippen molar-refractivity contribution in [3.63, 3.8) is 0 Å². The molecule has 0 amide bonds. The maximum Gasteiger partial charge on any atom is 0.422 e. The topological polar surface area (TPSA) is 98.6 Å². The minimum absolute atomic E-state index is 0.102. The molecule has 2 aromatic heterocycles. The molecular weight excluding hydrogens is 465 g/mol. The van der Waals surface area contributed by atoms with Gasteiger partial charge >= 0.3 is 12.1 Å². The number of alkyl halides is 3. The maximum atomic E-state index is 14.1. The SMILES string of the molecule is COC(=O)[C@@](C)(O)c1ccc2c(c1)CCc1c-2noc1-c1noc(-c2ccccc2)c1C(F)(F)F. The minimum atomic E-state index is -4.75. The van der Waals surface area contributed by atoms with Gasteiger partial charge in [0.2, 0.25) is 0 Å². The van der Waals surface area contributed by atoms with Crippen LogP contribution in [0.1, 0.15) is 29.2 Å². The van der Waals surface area contributed by atoms with Crippen LogP contribution in [-0.2, 0) is 34.2 Å². The fourth-order valence-electron chi connectivity index (χ4n) is 4.34. The Balaban J connectivity index is 1.60. The quantitative estimate of drug-likeness (QED) is 0.400. The highest BCUT2D eigenvalue weighted by Gasteiger charge is 2.43. The summed E-state index contributed by atoms with van der Waals surface area (Å²) in [6.07, 6.45) is -4.01. The number of hydrogen-bond acceptors (Lipinski definition) is 7. The van der Waals surface area contributed by atoms with Crippen LogP contribution < -0.4 is 0 Å². The Morgan fingerprint density at radius 1 is 1.00 bits per heavy atom. The van der Waals surface area contributed by atoms with Gasteiger partial charge in [0.15, 0.2) is 22.8 Å². The zero-order valence-electron chi connectivity index (χ0n) is 18.6. The lowest BCUT2D eigenvalue weighted by atomic mass is 9.84. The van der Waals surface area contributed by atoms with E-state index in [9.17, 15) is 23.1 Å². The number of fused-ring (bicyclic) bond motifs is 3. The molecule has 5 rings (SSSR count). The minimum Gasteiger partial charge on any atom is -0.467 e. The van der Waals surface area contributed by atoms with Crippen molar-refractivity contribution in [2.75, 3.05) is 7.11 Å². The lowest BCUT2D eigenvalue weighted by molar-refractivity contribution is -0.161. The maximum absolute atomic E-state index is 14.1. The molecule has 2 heterocycles. The van der Waals surface area contributed by atoms with Gasteiger partial charge in [0.05, 0.1) is 7.11 Å². The van der Waals surface area contributed by atoms with Crippen molar-refractivity contribution in [1.29, 1.82) is 0 Å². The van der Waals surface area contributed by atoms with Gasteiger partial charge in [-0.15, -0.1) is 0 Å². The fraction of sp³-hybridized carbons (Fsp3) is 0.240. The van der Waals surface area contributed by atoms with E-state index in [2.05, 4.69) is 15.1 Å². The van der Waals surface area contributed by atoms with Crippen LogP contribution in [0.15, 0.2) is 57.6 Å². The van der Waals surface area contributed by atoms with Gasteiger partial charge < -0.3 is 18.9 Å². The normalized spacial score (nSPS) is 14.7. The smallest absolute Gasteiger partial charge is 0.422 e. The van der Waals surface area contributed by atoms with Crippen molar-refractivity contribution in [2.45, 2.75) is 31.5 Å². The van der Waals surface area contributed by atoms with Crippen molar-refractivity contribution in [2.24, 2.45) is 0 Å². The van der Waals surface area contributed by atoms with Gasteiger partial charge in [-0.2, -0.15) is 13.2 Å². The molecular formula is C25H19F3N2O5. The lowest BCUT2D eigenvalue weighted by Gasteiger charge is -2.23. The molecule has 7 nitrogen and oxygen atoms in total. The number of methoxy groups -OCH3 is 1. The van der Waals surface area contributed by atoms with Gasteiger partial charge in [-0.05, 0) is 30.9 Å². The van der Waals surface area contributed by atoms with Gasteiger partial charge in [0.25, 0.3) is 0 Å². The van der Waals surface area contributed by atoms with E-state index >= 15 is 0 Å². The van der Waals surface area contributed by atoms with Crippen LogP contribution in [0.5, 0.6) is 0 Å². The highest BCUT2D eigenvalue weighted by Crippen LogP contribution is 2.46. The average molecular weight is 484 g/mol. The molecule has 0 saturated heterocycles. The number of benzene rings is 2. The number of rotatable bonds is 4. The zero-order chi connectivity index (χ0) is 25.0. The summed E-state index contributed by atoms with van der Waals surface area (Å²) < 4.78 is 57.6. The van der Waals surface area contributed by atoms with E-state index in [1.807, 2.05) is 0 Å². The van der Waals surface area contributed by atoms with Gasteiger partial charge in [0.1, 0.15) is 11.3 Å².